The number of ether oxygens (including phenoxy) is 2. The van der Waals surface area contributed by atoms with E-state index in [1.807, 2.05) is 14.0 Å². The van der Waals surface area contributed by atoms with Crippen LogP contribution in [0.5, 0.6) is 11.5 Å². The van der Waals surface area contributed by atoms with Crippen molar-refractivity contribution in [2.75, 3.05) is 7.11 Å². The number of methoxy groups -OCH3 is 1. The van der Waals surface area contributed by atoms with Crippen molar-refractivity contribution in [2.24, 2.45) is 7.05 Å². The highest BCUT2D eigenvalue weighted by Crippen LogP contribution is 2.26. The zero-order valence-electron chi connectivity index (χ0n) is 11.5. The van der Waals surface area contributed by atoms with Crippen LogP contribution in [0.2, 0.25) is 0 Å². The van der Waals surface area contributed by atoms with Crippen molar-refractivity contribution in [2.45, 2.75) is 13.5 Å². The second kappa shape index (κ2) is 6.09. The van der Waals surface area contributed by atoms with Crippen molar-refractivity contribution >= 4 is 22.2 Å². The molecular formula is C14H15BrN2O3. The van der Waals surface area contributed by atoms with E-state index in [-0.39, 0.29) is 0 Å². The Morgan fingerprint density at radius 2 is 2.20 bits per heavy atom. The predicted molar refractivity (Wildman–Crippen MR) is 78.4 cm³/mol. The molecule has 0 amide bonds. The average Bonchev–Trinajstić information content (AvgIpc) is 2.70. The van der Waals surface area contributed by atoms with E-state index < -0.39 is 0 Å². The molecule has 0 aliphatic heterocycles. The van der Waals surface area contributed by atoms with Gasteiger partial charge in [-0.2, -0.15) is 5.10 Å². The third kappa shape index (κ3) is 2.85. The Bertz CT molecular complexity index is 638. The number of aromatic nitrogens is 2. The molecule has 2 rings (SSSR count). The molecule has 0 saturated heterocycles. The van der Waals surface area contributed by atoms with Gasteiger partial charge in [0, 0.05) is 7.05 Å². The minimum Gasteiger partial charge on any atom is -0.497 e. The van der Waals surface area contributed by atoms with E-state index in [9.17, 15) is 4.79 Å². The van der Waals surface area contributed by atoms with Gasteiger partial charge in [-0.05, 0) is 41.1 Å². The van der Waals surface area contributed by atoms with Crippen molar-refractivity contribution in [3.05, 3.63) is 39.6 Å². The highest BCUT2D eigenvalue weighted by molar-refractivity contribution is 9.10. The summed E-state index contributed by atoms with van der Waals surface area (Å²) >= 11 is 3.48. The molecule has 0 atom stereocenters. The van der Waals surface area contributed by atoms with Gasteiger partial charge in [-0.3, -0.25) is 9.48 Å². The average molecular weight is 339 g/mol. The molecule has 0 N–H and O–H groups in total. The fraction of sp³-hybridized carbons (Fsp3) is 0.286. The van der Waals surface area contributed by atoms with Crippen molar-refractivity contribution in [3.63, 3.8) is 0 Å². The summed E-state index contributed by atoms with van der Waals surface area (Å²) in [6.07, 6.45) is 0.751. The molecule has 0 fully saturated rings. The third-order valence-electron chi connectivity index (χ3n) is 2.97. The van der Waals surface area contributed by atoms with Gasteiger partial charge in [0.25, 0.3) is 0 Å². The standard InChI is InChI=1S/C14H15BrN2O3/c1-9-14(15)12(17(2)16-9)8-20-13-5-4-11(19-3)6-10(13)7-18/h4-7H,8H2,1-3H3. The van der Waals surface area contributed by atoms with E-state index in [2.05, 4.69) is 21.0 Å². The molecule has 0 bridgehead atoms. The number of hydrogen-bond donors (Lipinski definition) is 0. The first-order valence-electron chi connectivity index (χ1n) is 6.00. The summed E-state index contributed by atoms with van der Waals surface area (Å²) in [6.45, 7) is 2.24. The van der Waals surface area contributed by atoms with Crippen LogP contribution in [-0.4, -0.2) is 23.2 Å². The van der Waals surface area contributed by atoms with Crippen LogP contribution < -0.4 is 9.47 Å². The summed E-state index contributed by atoms with van der Waals surface area (Å²) in [4.78, 5) is 11.1. The Morgan fingerprint density at radius 3 is 2.75 bits per heavy atom. The molecule has 5 nitrogen and oxygen atoms in total. The molecule has 2 aromatic rings. The van der Waals surface area contributed by atoms with Crippen LogP contribution >= 0.6 is 15.9 Å². The number of hydrogen-bond acceptors (Lipinski definition) is 4. The van der Waals surface area contributed by atoms with Crippen molar-refractivity contribution < 1.29 is 14.3 Å². The molecule has 0 aliphatic rings. The summed E-state index contributed by atoms with van der Waals surface area (Å²) in [5.41, 5.74) is 2.27. The second-order valence-electron chi connectivity index (χ2n) is 4.28. The zero-order chi connectivity index (χ0) is 14.7. The SMILES string of the molecule is COc1ccc(OCc2c(Br)c(C)nn2C)c(C=O)c1. The lowest BCUT2D eigenvalue weighted by Crippen LogP contribution is -2.05. The number of nitrogens with zero attached hydrogens (tertiary/aromatic N) is 2. The summed E-state index contributed by atoms with van der Waals surface area (Å²) in [7, 11) is 3.41. The Balaban J connectivity index is 2.20. The second-order valence-corrected chi connectivity index (χ2v) is 5.07. The van der Waals surface area contributed by atoms with Crippen LogP contribution in [-0.2, 0) is 13.7 Å². The Kier molecular flexibility index (Phi) is 4.44. The van der Waals surface area contributed by atoms with E-state index in [1.165, 1.54) is 0 Å². The first-order chi connectivity index (χ1) is 9.56. The summed E-state index contributed by atoms with van der Waals surface area (Å²) in [6, 6.07) is 5.12. The van der Waals surface area contributed by atoms with E-state index in [4.69, 9.17) is 9.47 Å². The van der Waals surface area contributed by atoms with Crippen LogP contribution in [0, 0.1) is 6.92 Å². The summed E-state index contributed by atoms with van der Waals surface area (Å²) < 4.78 is 13.5. The van der Waals surface area contributed by atoms with Crippen molar-refractivity contribution in [1.29, 1.82) is 0 Å². The molecule has 20 heavy (non-hydrogen) atoms. The molecule has 1 aromatic carbocycles. The van der Waals surface area contributed by atoms with Crippen LogP contribution in [0.1, 0.15) is 21.7 Å². The smallest absolute Gasteiger partial charge is 0.153 e. The number of benzene rings is 1. The first-order valence-corrected chi connectivity index (χ1v) is 6.80. The minimum absolute atomic E-state index is 0.324. The molecule has 0 radical (unpaired) electrons. The van der Waals surface area contributed by atoms with Gasteiger partial charge in [-0.1, -0.05) is 0 Å². The summed E-state index contributed by atoms with van der Waals surface area (Å²) in [5.74, 6) is 1.14. The molecule has 6 heteroatoms. The molecule has 0 aliphatic carbocycles. The molecular weight excluding hydrogens is 324 g/mol. The summed E-state index contributed by atoms with van der Waals surface area (Å²) in [5, 5.41) is 4.29. The van der Waals surface area contributed by atoms with Crippen LogP contribution in [0.15, 0.2) is 22.7 Å². The number of carbonyl (C=O) groups excluding carboxylic acids is 1. The van der Waals surface area contributed by atoms with Crippen LogP contribution in [0.25, 0.3) is 0 Å². The maximum absolute atomic E-state index is 11.1. The fourth-order valence-corrected chi connectivity index (χ4v) is 2.31. The van der Waals surface area contributed by atoms with Crippen molar-refractivity contribution in [1.82, 2.24) is 9.78 Å². The fourth-order valence-electron chi connectivity index (χ4n) is 1.86. The lowest BCUT2D eigenvalue weighted by molar-refractivity contribution is 0.111. The molecule has 0 saturated carbocycles. The topological polar surface area (TPSA) is 53.4 Å². The maximum Gasteiger partial charge on any atom is 0.153 e. The van der Waals surface area contributed by atoms with E-state index in [0.29, 0.717) is 23.7 Å². The van der Waals surface area contributed by atoms with Gasteiger partial charge in [0.1, 0.15) is 18.1 Å². The minimum atomic E-state index is 0.324. The molecule has 1 aromatic heterocycles. The number of carbonyl (C=O) groups is 1. The van der Waals surface area contributed by atoms with Gasteiger partial charge in [0.05, 0.1) is 28.5 Å². The zero-order valence-corrected chi connectivity index (χ0v) is 13.1. The maximum atomic E-state index is 11.1. The highest BCUT2D eigenvalue weighted by Gasteiger charge is 2.12. The first kappa shape index (κ1) is 14.6. The quantitative estimate of drug-likeness (QED) is 0.786. The van der Waals surface area contributed by atoms with Gasteiger partial charge in [0.15, 0.2) is 6.29 Å². The normalized spacial score (nSPS) is 10.4. The van der Waals surface area contributed by atoms with Crippen molar-refractivity contribution in [3.8, 4) is 11.5 Å². The van der Waals surface area contributed by atoms with Gasteiger partial charge in [-0.15, -0.1) is 0 Å². The predicted octanol–water partition coefficient (Wildman–Crippen LogP) is 2.89. The lowest BCUT2D eigenvalue weighted by Gasteiger charge is -2.10. The van der Waals surface area contributed by atoms with E-state index in [1.54, 1.807) is 30.0 Å². The van der Waals surface area contributed by atoms with E-state index >= 15 is 0 Å². The van der Waals surface area contributed by atoms with E-state index in [0.717, 1.165) is 22.1 Å². The number of aldehydes is 1. The molecule has 0 spiro atoms. The molecule has 106 valence electrons. The van der Waals surface area contributed by atoms with Gasteiger partial charge >= 0.3 is 0 Å². The largest absolute Gasteiger partial charge is 0.497 e. The molecule has 1 heterocycles. The number of halogens is 1. The Morgan fingerprint density at radius 1 is 1.45 bits per heavy atom. The van der Waals surface area contributed by atoms with Gasteiger partial charge in [0.2, 0.25) is 0 Å². The van der Waals surface area contributed by atoms with Crippen LogP contribution in [0.3, 0.4) is 0 Å². The number of aryl methyl sites for hydroxylation is 2. The third-order valence-corrected chi connectivity index (χ3v) is 4.00. The van der Waals surface area contributed by atoms with Gasteiger partial charge < -0.3 is 9.47 Å². The monoisotopic (exact) mass is 338 g/mol. The number of rotatable bonds is 5. The van der Waals surface area contributed by atoms with Crippen LogP contribution in [0.4, 0.5) is 0 Å². The Labute approximate surface area is 125 Å². The highest BCUT2D eigenvalue weighted by atomic mass is 79.9. The lowest BCUT2D eigenvalue weighted by atomic mass is 10.2. The Hall–Kier alpha value is -1.82. The molecule has 0 unspecified atom stereocenters. The van der Waals surface area contributed by atoms with Gasteiger partial charge in [-0.25, -0.2) is 0 Å².